The number of nitrogens with zero attached hydrogens (tertiary/aromatic N) is 4. The van der Waals surface area contributed by atoms with Crippen molar-refractivity contribution in [3.8, 4) is 6.07 Å². The molecule has 1 aliphatic heterocycles. The Labute approximate surface area is 160 Å². The number of benzene rings is 1. The van der Waals surface area contributed by atoms with Crippen LogP contribution in [0.15, 0.2) is 60.4 Å². The Kier molecular flexibility index (Phi) is 5.64. The van der Waals surface area contributed by atoms with Gasteiger partial charge in [-0.05, 0) is 12.1 Å². The van der Waals surface area contributed by atoms with Crippen molar-refractivity contribution in [1.29, 1.82) is 5.26 Å². The smallest absolute Gasteiger partial charge is 0.373 e. The van der Waals surface area contributed by atoms with Crippen LogP contribution in [0.2, 0.25) is 0 Å². The number of alkyl halides is 3. The molecule has 1 fully saturated rings. The number of anilines is 1. The number of pyridine rings is 1. The van der Waals surface area contributed by atoms with Crippen LogP contribution in [0.1, 0.15) is 15.9 Å². The highest BCUT2D eigenvalue weighted by Gasteiger charge is 2.31. The maximum Gasteiger partial charge on any atom is 0.417 e. The van der Waals surface area contributed by atoms with Gasteiger partial charge in [-0.15, -0.1) is 0 Å². The first kappa shape index (κ1) is 19.4. The molecule has 0 bridgehead atoms. The molecule has 2 heterocycles. The first-order valence-electron chi connectivity index (χ1n) is 8.62. The van der Waals surface area contributed by atoms with Crippen molar-refractivity contribution >= 4 is 11.6 Å². The zero-order valence-electron chi connectivity index (χ0n) is 14.9. The number of ketones is 1. The summed E-state index contributed by atoms with van der Waals surface area (Å²) in [5.74, 6) is 0.132. The maximum atomic E-state index is 12.6. The van der Waals surface area contributed by atoms with Crippen LogP contribution in [-0.4, -0.2) is 41.8 Å². The van der Waals surface area contributed by atoms with E-state index in [-0.39, 0.29) is 11.4 Å². The second-order valence-electron chi connectivity index (χ2n) is 6.28. The number of halogens is 3. The second kappa shape index (κ2) is 8.13. The molecule has 0 N–H and O–H groups in total. The van der Waals surface area contributed by atoms with Crippen molar-refractivity contribution in [1.82, 2.24) is 9.88 Å². The van der Waals surface area contributed by atoms with Gasteiger partial charge in [0, 0.05) is 44.1 Å². The monoisotopic (exact) mass is 386 g/mol. The Morgan fingerprint density at radius 3 is 2.29 bits per heavy atom. The summed E-state index contributed by atoms with van der Waals surface area (Å²) in [6.45, 7) is 2.09. The van der Waals surface area contributed by atoms with Gasteiger partial charge in [0.25, 0.3) is 0 Å². The van der Waals surface area contributed by atoms with Crippen molar-refractivity contribution in [2.24, 2.45) is 0 Å². The summed E-state index contributed by atoms with van der Waals surface area (Å²) in [4.78, 5) is 20.1. The molecule has 28 heavy (non-hydrogen) atoms. The topological polar surface area (TPSA) is 60.2 Å². The van der Waals surface area contributed by atoms with Gasteiger partial charge in [0.1, 0.15) is 17.5 Å². The minimum atomic E-state index is -4.41. The van der Waals surface area contributed by atoms with Crippen LogP contribution in [0.25, 0.3) is 0 Å². The zero-order valence-corrected chi connectivity index (χ0v) is 14.9. The Morgan fingerprint density at radius 2 is 1.75 bits per heavy atom. The van der Waals surface area contributed by atoms with Crippen LogP contribution in [0, 0.1) is 11.3 Å². The first-order chi connectivity index (χ1) is 13.4. The van der Waals surface area contributed by atoms with E-state index in [9.17, 15) is 23.2 Å². The van der Waals surface area contributed by atoms with Crippen LogP contribution in [-0.2, 0) is 6.18 Å². The lowest BCUT2D eigenvalue weighted by atomic mass is 10.1. The summed E-state index contributed by atoms with van der Waals surface area (Å²) in [6.07, 6.45) is -2.03. The van der Waals surface area contributed by atoms with E-state index in [2.05, 4.69) is 4.98 Å². The number of hydrogen-bond donors (Lipinski definition) is 0. The number of Topliss-reactive ketones (excluding diaryl/α,β-unsaturated/α-hetero) is 1. The fourth-order valence-electron chi connectivity index (χ4n) is 2.89. The fourth-order valence-corrected chi connectivity index (χ4v) is 2.89. The summed E-state index contributed by atoms with van der Waals surface area (Å²) < 4.78 is 37.9. The summed E-state index contributed by atoms with van der Waals surface area (Å²) >= 11 is 0. The molecule has 1 aliphatic rings. The van der Waals surface area contributed by atoms with Gasteiger partial charge in [-0.1, -0.05) is 30.3 Å². The van der Waals surface area contributed by atoms with Gasteiger partial charge in [0.05, 0.1) is 5.56 Å². The molecule has 0 amide bonds. The molecule has 5 nitrogen and oxygen atoms in total. The van der Waals surface area contributed by atoms with Crippen LogP contribution >= 0.6 is 0 Å². The van der Waals surface area contributed by atoms with Gasteiger partial charge in [-0.25, -0.2) is 4.98 Å². The molecule has 0 radical (unpaired) electrons. The summed E-state index contributed by atoms with van der Waals surface area (Å²) in [6, 6.07) is 12.9. The molecule has 1 aromatic carbocycles. The Morgan fingerprint density at radius 1 is 1.07 bits per heavy atom. The van der Waals surface area contributed by atoms with Crippen LogP contribution in [0.5, 0.6) is 0 Å². The number of nitriles is 1. The number of hydrogen-bond acceptors (Lipinski definition) is 5. The van der Waals surface area contributed by atoms with Gasteiger partial charge < -0.3 is 9.80 Å². The summed E-state index contributed by atoms with van der Waals surface area (Å²) in [5.41, 5.74) is -0.286. The van der Waals surface area contributed by atoms with Crippen molar-refractivity contribution in [3.05, 3.63) is 71.6 Å². The van der Waals surface area contributed by atoms with Gasteiger partial charge >= 0.3 is 6.18 Å². The average Bonchev–Trinajstić information content (AvgIpc) is 2.72. The van der Waals surface area contributed by atoms with E-state index in [1.54, 1.807) is 36.5 Å². The number of aromatic nitrogens is 1. The number of rotatable bonds is 4. The normalized spacial score (nSPS) is 15.3. The molecular weight excluding hydrogens is 369 g/mol. The van der Waals surface area contributed by atoms with E-state index in [0.717, 1.165) is 12.3 Å². The van der Waals surface area contributed by atoms with Crippen LogP contribution < -0.4 is 4.90 Å². The summed E-state index contributed by atoms with van der Waals surface area (Å²) in [5, 5.41) is 9.33. The Bertz CT molecular complexity index is 894. The zero-order chi connectivity index (χ0) is 20.1. The standard InChI is InChI=1S/C20H17F3N4O/c21-20(22,23)17-6-7-18(25-13-17)27-10-8-26(9-11-27)14-16(12-24)19(28)15-4-2-1-3-5-15/h1-7,13-14H,8-11H2/b16-14+. The third kappa shape index (κ3) is 4.49. The Hall–Kier alpha value is -3.34. The van der Waals surface area contributed by atoms with Crippen molar-refractivity contribution in [3.63, 3.8) is 0 Å². The highest BCUT2D eigenvalue weighted by atomic mass is 19.4. The second-order valence-corrected chi connectivity index (χ2v) is 6.28. The van der Waals surface area contributed by atoms with Gasteiger partial charge in [-0.3, -0.25) is 4.79 Å². The first-order valence-corrected chi connectivity index (χ1v) is 8.62. The molecule has 8 heteroatoms. The molecule has 0 aliphatic carbocycles. The van der Waals surface area contributed by atoms with Crippen molar-refractivity contribution in [2.45, 2.75) is 6.18 Å². The number of allylic oxidation sites excluding steroid dienone is 1. The minimum absolute atomic E-state index is 0.0484. The van der Waals surface area contributed by atoms with Crippen LogP contribution in [0.3, 0.4) is 0 Å². The van der Waals surface area contributed by atoms with E-state index >= 15 is 0 Å². The number of carbonyl (C=O) groups is 1. The maximum absolute atomic E-state index is 12.6. The molecule has 0 saturated carbocycles. The van der Waals surface area contributed by atoms with E-state index in [0.29, 0.717) is 37.6 Å². The summed E-state index contributed by atoms with van der Waals surface area (Å²) in [7, 11) is 0. The van der Waals surface area contributed by atoms with E-state index < -0.39 is 11.7 Å². The molecule has 1 saturated heterocycles. The Balaban J connectivity index is 1.64. The van der Waals surface area contributed by atoms with Gasteiger partial charge in [0.2, 0.25) is 5.78 Å². The molecule has 0 spiro atoms. The average molecular weight is 386 g/mol. The molecular formula is C20H17F3N4O. The highest BCUT2D eigenvalue weighted by Crippen LogP contribution is 2.29. The van der Waals surface area contributed by atoms with E-state index in [1.165, 1.54) is 6.07 Å². The van der Waals surface area contributed by atoms with Crippen molar-refractivity contribution in [2.75, 3.05) is 31.1 Å². The molecule has 0 atom stereocenters. The largest absolute Gasteiger partial charge is 0.417 e. The highest BCUT2D eigenvalue weighted by molar-refractivity contribution is 6.11. The third-order valence-electron chi connectivity index (χ3n) is 4.43. The lowest BCUT2D eigenvalue weighted by Gasteiger charge is -2.35. The van der Waals surface area contributed by atoms with Gasteiger partial charge in [0.15, 0.2) is 0 Å². The van der Waals surface area contributed by atoms with Crippen LogP contribution in [0.4, 0.5) is 19.0 Å². The predicted molar refractivity (Wildman–Crippen MR) is 97.5 cm³/mol. The molecule has 0 unspecified atom stereocenters. The number of piperazine rings is 1. The molecule has 2 aromatic rings. The van der Waals surface area contributed by atoms with E-state index in [4.69, 9.17) is 0 Å². The lowest BCUT2D eigenvalue weighted by Crippen LogP contribution is -2.44. The minimum Gasteiger partial charge on any atom is -0.373 e. The third-order valence-corrected chi connectivity index (χ3v) is 4.43. The number of carbonyl (C=O) groups excluding carboxylic acids is 1. The fraction of sp³-hybridized carbons (Fsp3) is 0.250. The van der Waals surface area contributed by atoms with Gasteiger partial charge in [-0.2, -0.15) is 18.4 Å². The van der Waals surface area contributed by atoms with E-state index in [1.807, 2.05) is 15.9 Å². The SMILES string of the molecule is N#C/C(=C\N1CCN(c2ccc(C(F)(F)F)cn2)CC1)C(=O)c1ccccc1. The molecule has 144 valence electrons. The molecule has 3 rings (SSSR count). The lowest BCUT2D eigenvalue weighted by molar-refractivity contribution is -0.137. The predicted octanol–water partition coefficient (Wildman–Crippen LogP) is 3.51. The molecule has 1 aromatic heterocycles. The van der Waals surface area contributed by atoms with Crippen molar-refractivity contribution < 1.29 is 18.0 Å². The quantitative estimate of drug-likeness (QED) is 0.457.